The number of hydrogen-bond acceptors (Lipinski definition) is 4. The number of sulfonamides is 1. The van der Waals surface area contributed by atoms with Crippen LogP contribution in [0, 0.1) is 5.82 Å². The molecule has 1 aliphatic heterocycles. The molecule has 3 aromatic rings. The van der Waals surface area contributed by atoms with Crippen molar-refractivity contribution < 1.29 is 22.3 Å². The molecule has 172 valence electrons. The quantitative estimate of drug-likeness (QED) is 0.547. The highest BCUT2D eigenvalue weighted by atomic mass is 32.2. The SMILES string of the molecule is O=C(NCC1(c2ccc(F)cc2)CCOCC1)c1ccc(S(=O)(=O)Nc2ccccc2)cc1. The number of rotatable bonds is 7. The number of anilines is 1. The van der Waals surface area contributed by atoms with Crippen molar-refractivity contribution >= 4 is 21.6 Å². The maximum Gasteiger partial charge on any atom is 0.261 e. The maximum atomic E-state index is 13.4. The molecule has 1 amide bonds. The molecule has 0 bridgehead atoms. The molecule has 1 fully saturated rings. The Balaban J connectivity index is 1.45. The van der Waals surface area contributed by atoms with Gasteiger partial charge in [-0.1, -0.05) is 30.3 Å². The lowest BCUT2D eigenvalue weighted by molar-refractivity contribution is 0.0487. The van der Waals surface area contributed by atoms with Crippen molar-refractivity contribution in [1.29, 1.82) is 0 Å². The van der Waals surface area contributed by atoms with Crippen LogP contribution in [0.15, 0.2) is 83.8 Å². The molecule has 0 radical (unpaired) electrons. The fraction of sp³-hybridized carbons (Fsp3) is 0.240. The van der Waals surface area contributed by atoms with Gasteiger partial charge in [-0.25, -0.2) is 12.8 Å². The van der Waals surface area contributed by atoms with E-state index >= 15 is 0 Å². The lowest BCUT2D eigenvalue weighted by Gasteiger charge is -2.38. The number of halogens is 1. The number of carbonyl (C=O) groups is 1. The zero-order valence-electron chi connectivity index (χ0n) is 18.0. The van der Waals surface area contributed by atoms with E-state index in [0.717, 1.165) is 5.56 Å². The first-order valence-corrected chi connectivity index (χ1v) is 12.2. The number of hydrogen-bond donors (Lipinski definition) is 2. The third-order valence-corrected chi connectivity index (χ3v) is 7.34. The standard InChI is InChI=1S/C25H25FN2O4S/c26-21-10-8-20(9-11-21)25(14-16-32-17-15-25)18-27-24(29)19-6-12-23(13-7-19)33(30,31)28-22-4-2-1-3-5-22/h1-13,28H,14-18H2,(H,27,29). The van der Waals surface area contributed by atoms with E-state index in [1.165, 1.54) is 36.4 Å². The number of benzene rings is 3. The van der Waals surface area contributed by atoms with Gasteiger partial charge in [0.1, 0.15) is 5.82 Å². The Kier molecular flexibility index (Phi) is 6.76. The second-order valence-electron chi connectivity index (χ2n) is 8.08. The molecular formula is C25H25FN2O4S. The van der Waals surface area contributed by atoms with E-state index in [9.17, 15) is 17.6 Å². The molecule has 0 unspecified atom stereocenters. The van der Waals surface area contributed by atoms with Crippen molar-refractivity contribution in [1.82, 2.24) is 5.32 Å². The Morgan fingerprint density at radius 1 is 0.909 bits per heavy atom. The molecular weight excluding hydrogens is 443 g/mol. The molecule has 0 aliphatic carbocycles. The molecule has 1 heterocycles. The first-order valence-electron chi connectivity index (χ1n) is 10.7. The fourth-order valence-electron chi connectivity index (χ4n) is 3.99. The van der Waals surface area contributed by atoms with Crippen molar-refractivity contribution in [3.63, 3.8) is 0 Å². The minimum atomic E-state index is -3.76. The third kappa shape index (κ3) is 5.40. The van der Waals surface area contributed by atoms with Crippen molar-refractivity contribution in [2.24, 2.45) is 0 Å². The van der Waals surface area contributed by atoms with Crippen molar-refractivity contribution in [2.45, 2.75) is 23.2 Å². The van der Waals surface area contributed by atoms with Gasteiger partial charge < -0.3 is 10.1 Å². The number of carbonyl (C=O) groups excluding carboxylic acids is 1. The summed E-state index contributed by atoms with van der Waals surface area (Å²) in [6.45, 7) is 1.50. The summed E-state index contributed by atoms with van der Waals surface area (Å²) in [5.41, 5.74) is 1.43. The molecule has 0 saturated carbocycles. The van der Waals surface area contributed by atoms with Gasteiger partial charge in [-0.2, -0.15) is 0 Å². The van der Waals surface area contributed by atoms with E-state index in [4.69, 9.17) is 4.74 Å². The van der Waals surface area contributed by atoms with Gasteiger partial charge in [-0.3, -0.25) is 9.52 Å². The summed E-state index contributed by atoms with van der Waals surface area (Å²) < 4.78 is 46.6. The third-order valence-electron chi connectivity index (χ3n) is 5.95. The minimum Gasteiger partial charge on any atom is -0.381 e. The Bertz CT molecular complexity index is 1190. The Labute approximate surface area is 192 Å². The predicted molar refractivity (Wildman–Crippen MR) is 124 cm³/mol. The Hall–Kier alpha value is -3.23. The molecule has 6 nitrogen and oxygen atoms in total. The summed E-state index contributed by atoms with van der Waals surface area (Å²) in [6, 6.07) is 20.8. The van der Waals surface area contributed by atoms with E-state index in [0.29, 0.717) is 43.9 Å². The van der Waals surface area contributed by atoms with Crippen molar-refractivity contribution in [2.75, 3.05) is 24.5 Å². The van der Waals surface area contributed by atoms with Crippen LogP contribution in [0.2, 0.25) is 0 Å². The fourth-order valence-corrected chi connectivity index (χ4v) is 5.05. The first-order chi connectivity index (χ1) is 15.9. The summed E-state index contributed by atoms with van der Waals surface area (Å²) in [7, 11) is -3.76. The molecule has 8 heteroatoms. The first kappa shape index (κ1) is 22.9. The molecule has 1 saturated heterocycles. The molecule has 2 N–H and O–H groups in total. The highest BCUT2D eigenvalue weighted by molar-refractivity contribution is 7.92. The Morgan fingerprint density at radius 3 is 2.18 bits per heavy atom. The highest BCUT2D eigenvalue weighted by Gasteiger charge is 2.35. The van der Waals surface area contributed by atoms with Crippen LogP contribution in [-0.2, 0) is 20.2 Å². The molecule has 33 heavy (non-hydrogen) atoms. The number of amides is 1. The van der Waals surface area contributed by atoms with Crippen LogP contribution >= 0.6 is 0 Å². The summed E-state index contributed by atoms with van der Waals surface area (Å²) in [6.07, 6.45) is 1.42. The number of nitrogens with one attached hydrogen (secondary N) is 2. The second kappa shape index (κ2) is 9.72. The van der Waals surface area contributed by atoms with Gasteiger partial charge in [0.25, 0.3) is 15.9 Å². The van der Waals surface area contributed by atoms with Crippen molar-refractivity contribution in [3.8, 4) is 0 Å². The maximum absolute atomic E-state index is 13.4. The lowest BCUT2D eigenvalue weighted by Crippen LogP contribution is -2.44. The molecule has 0 spiro atoms. The van der Waals surface area contributed by atoms with Crippen LogP contribution in [0.5, 0.6) is 0 Å². The average molecular weight is 469 g/mol. The van der Waals surface area contributed by atoms with Crippen LogP contribution in [0.4, 0.5) is 10.1 Å². The van der Waals surface area contributed by atoms with E-state index in [1.807, 2.05) is 0 Å². The van der Waals surface area contributed by atoms with Crippen LogP contribution in [-0.4, -0.2) is 34.1 Å². The van der Waals surface area contributed by atoms with E-state index < -0.39 is 10.0 Å². The smallest absolute Gasteiger partial charge is 0.261 e. The van der Waals surface area contributed by atoms with Crippen LogP contribution < -0.4 is 10.0 Å². The van der Waals surface area contributed by atoms with Crippen LogP contribution in [0.3, 0.4) is 0 Å². The van der Waals surface area contributed by atoms with Gasteiger partial charge in [-0.15, -0.1) is 0 Å². The van der Waals surface area contributed by atoms with Gasteiger partial charge in [-0.05, 0) is 66.9 Å². The monoisotopic (exact) mass is 468 g/mol. The average Bonchev–Trinajstić information content (AvgIpc) is 2.84. The molecule has 0 aromatic heterocycles. The summed E-state index contributed by atoms with van der Waals surface area (Å²) in [5.74, 6) is -0.607. The number of para-hydroxylation sites is 1. The van der Waals surface area contributed by atoms with Crippen molar-refractivity contribution in [3.05, 3.63) is 95.8 Å². The summed E-state index contributed by atoms with van der Waals surface area (Å²) in [4.78, 5) is 12.9. The molecule has 4 rings (SSSR count). The number of ether oxygens (including phenoxy) is 1. The van der Waals surface area contributed by atoms with Gasteiger partial charge in [0, 0.05) is 36.4 Å². The minimum absolute atomic E-state index is 0.0649. The summed E-state index contributed by atoms with van der Waals surface area (Å²) >= 11 is 0. The largest absolute Gasteiger partial charge is 0.381 e. The van der Waals surface area contributed by atoms with Gasteiger partial charge in [0.05, 0.1) is 4.90 Å². The van der Waals surface area contributed by atoms with Gasteiger partial charge in [0.2, 0.25) is 0 Å². The van der Waals surface area contributed by atoms with Crippen LogP contribution in [0.25, 0.3) is 0 Å². The van der Waals surface area contributed by atoms with Gasteiger partial charge in [0.15, 0.2) is 0 Å². The second-order valence-corrected chi connectivity index (χ2v) is 9.76. The van der Waals surface area contributed by atoms with Crippen LogP contribution in [0.1, 0.15) is 28.8 Å². The normalized spacial score (nSPS) is 15.5. The zero-order valence-corrected chi connectivity index (χ0v) is 18.8. The van der Waals surface area contributed by atoms with E-state index in [-0.39, 0.29) is 22.0 Å². The zero-order chi connectivity index (χ0) is 23.3. The van der Waals surface area contributed by atoms with Gasteiger partial charge >= 0.3 is 0 Å². The topological polar surface area (TPSA) is 84.5 Å². The van der Waals surface area contributed by atoms with E-state index in [1.54, 1.807) is 42.5 Å². The lowest BCUT2D eigenvalue weighted by atomic mass is 9.74. The Morgan fingerprint density at radius 2 is 1.55 bits per heavy atom. The van der Waals surface area contributed by atoms with E-state index in [2.05, 4.69) is 10.0 Å². The molecule has 3 aromatic carbocycles. The molecule has 1 aliphatic rings. The predicted octanol–water partition coefficient (Wildman–Crippen LogP) is 4.10. The highest BCUT2D eigenvalue weighted by Crippen LogP contribution is 2.34. The molecule has 0 atom stereocenters. The summed E-state index contributed by atoms with van der Waals surface area (Å²) in [5, 5.41) is 2.97.